The number of carboxylic acid groups (broad SMARTS) is 1. The number of hydrogen-bond acceptors (Lipinski definition) is 13. The summed E-state index contributed by atoms with van der Waals surface area (Å²) < 4.78 is 59.5. The van der Waals surface area contributed by atoms with E-state index in [2.05, 4.69) is 5.32 Å². The molecule has 44 heavy (non-hydrogen) atoms. The number of ether oxygens (including phenoxy) is 11. The van der Waals surface area contributed by atoms with Crippen LogP contribution in [0.5, 0.6) is 0 Å². The topological polar surface area (TPSA) is 168 Å². The molecule has 0 rings (SSSR count). The molecule has 1 amide bonds. The van der Waals surface area contributed by atoms with Crippen LogP contribution in [-0.4, -0.2) is 169 Å². The summed E-state index contributed by atoms with van der Waals surface area (Å²) in [5.41, 5.74) is 0. The fourth-order valence-corrected chi connectivity index (χ4v) is 3.05. The lowest BCUT2D eigenvalue weighted by molar-refractivity contribution is -0.138. The van der Waals surface area contributed by atoms with Gasteiger partial charge in [0, 0.05) is 26.2 Å². The fourth-order valence-electron chi connectivity index (χ4n) is 3.05. The van der Waals surface area contributed by atoms with Gasteiger partial charge in [-0.1, -0.05) is 0 Å². The predicted molar refractivity (Wildman–Crippen MR) is 159 cm³/mol. The Morgan fingerprint density at radius 2 is 0.705 bits per heavy atom. The normalized spacial score (nSPS) is 11.3. The van der Waals surface area contributed by atoms with Crippen molar-refractivity contribution in [1.82, 2.24) is 5.32 Å². The Hall–Kier alpha value is -1.50. The average Bonchev–Trinajstić information content (AvgIpc) is 3.02. The second-order valence-corrected chi connectivity index (χ2v) is 8.92. The van der Waals surface area contributed by atoms with Gasteiger partial charge >= 0.3 is 5.97 Å². The number of carbonyl (C=O) groups is 2. The lowest BCUT2D eigenvalue weighted by Crippen LogP contribution is -2.25. The van der Waals surface area contributed by atoms with Gasteiger partial charge in [0.2, 0.25) is 5.91 Å². The molecule has 0 saturated heterocycles. The minimum Gasteiger partial charge on any atom is -0.481 e. The van der Waals surface area contributed by atoms with Crippen molar-refractivity contribution in [1.29, 1.82) is 0 Å². The molecule has 15 heteroatoms. The molecule has 0 aliphatic rings. The van der Waals surface area contributed by atoms with Crippen molar-refractivity contribution in [2.45, 2.75) is 26.2 Å². The molecule has 0 spiro atoms. The fraction of sp³-hybridized carbons (Fsp3) is 0.931. The second kappa shape index (κ2) is 37.7. The maximum Gasteiger partial charge on any atom is 0.303 e. The molecule has 0 radical (unpaired) electrons. The van der Waals surface area contributed by atoms with E-state index in [0.29, 0.717) is 158 Å². The number of hydrogen-bond donors (Lipinski definition) is 2. The largest absolute Gasteiger partial charge is 0.481 e. The van der Waals surface area contributed by atoms with E-state index >= 15 is 0 Å². The molecular formula is C29H57NO14. The van der Waals surface area contributed by atoms with Crippen LogP contribution in [0.15, 0.2) is 0 Å². The molecule has 0 aromatic heterocycles. The number of rotatable bonds is 38. The maximum atomic E-state index is 11.3. The van der Waals surface area contributed by atoms with E-state index in [-0.39, 0.29) is 18.7 Å². The molecule has 0 atom stereocenters. The standard InChI is InChI=1S/C29H57NO14/c1-2-34-8-9-36-12-13-38-16-17-40-20-21-42-24-25-44-27-26-43-23-22-41-19-18-39-15-14-37-11-10-35-7-3-6-30-28(31)4-5-29(32)33/h2-27H2,1H3,(H,30,31)(H,32,33). The molecule has 15 nitrogen and oxygen atoms in total. The molecule has 2 N–H and O–H groups in total. The van der Waals surface area contributed by atoms with Crippen LogP contribution in [0.1, 0.15) is 26.2 Å². The zero-order valence-electron chi connectivity index (χ0n) is 26.6. The molecule has 0 bridgehead atoms. The number of aliphatic carboxylic acids is 1. The minimum absolute atomic E-state index is 0.00889. The van der Waals surface area contributed by atoms with Crippen molar-refractivity contribution in [3.63, 3.8) is 0 Å². The van der Waals surface area contributed by atoms with Gasteiger partial charge < -0.3 is 62.5 Å². The van der Waals surface area contributed by atoms with E-state index in [1.807, 2.05) is 6.92 Å². The third-order valence-corrected chi connectivity index (χ3v) is 5.28. The van der Waals surface area contributed by atoms with Crippen LogP contribution >= 0.6 is 0 Å². The molecule has 262 valence electrons. The zero-order valence-corrected chi connectivity index (χ0v) is 26.6. The molecule has 0 unspecified atom stereocenters. The monoisotopic (exact) mass is 643 g/mol. The predicted octanol–water partition coefficient (Wildman–Crippen LogP) is 0.560. The van der Waals surface area contributed by atoms with Crippen molar-refractivity contribution < 1.29 is 66.8 Å². The number of carboxylic acids is 1. The first-order chi connectivity index (χ1) is 21.7. The Morgan fingerprint density at radius 3 is 0.977 bits per heavy atom. The Labute approximate surface area is 262 Å². The SMILES string of the molecule is CCOCCOCCOCCOCCOCCOCCOCCOCCOCCOCCOCCCNC(=O)CCC(=O)O. The van der Waals surface area contributed by atoms with E-state index < -0.39 is 5.97 Å². The van der Waals surface area contributed by atoms with Crippen molar-refractivity contribution in [3.8, 4) is 0 Å². The molecule has 0 aromatic carbocycles. The molecule has 0 heterocycles. The molecule has 0 fully saturated rings. The maximum absolute atomic E-state index is 11.3. The lowest BCUT2D eigenvalue weighted by atomic mass is 10.3. The number of amides is 1. The van der Waals surface area contributed by atoms with E-state index in [4.69, 9.17) is 57.2 Å². The van der Waals surface area contributed by atoms with Gasteiger partial charge in [-0.05, 0) is 13.3 Å². The first-order valence-electron chi connectivity index (χ1n) is 15.5. The summed E-state index contributed by atoms with van der Waals surface area (Å²) in [6.07, 6.45) is 0.481. The van der Waals surface area contributed by atoms with Gasteiger partial charge in [-0.2, -0.15) is 0 Å². The summed E-state index contributed by atoms with van der Waals surface area (Å²) in [6.45, 7) is 13.7. The van der Waals surface area contributed by atoms with Crippen LogP contribution in [0.25, 0.3) is 0 Å². The van der Waals surface area contributed by atoms with Crippen molar-refractivity contribution in [2.24, 2.45) is 0 Å². The van der Waals surface area contributed by atoms with Crippen molar-refractivity contribution in [2.75, 3.05) is 152 Å². The number of carbonyl (C=O) groups excluding carboxylic acids is 1. The van der Waals surface area contributed by atoms with E-state index in [1.165, 1.54) is 0 Å². The minimum atomic E-state index is -0.982. The molecule has 0 aromatic rings. The summed E-state index contributed by atoms with van der Waals surface area (Å²) in [4.78, 5) is 21.7. The van der Waals surface area contributed by atoms with Gasteiger partial charge in [-0.25, -0.2) is 0 Å². The van der Waals surface area contributed by atoms with Crippen LogP contribution in [0, 0.1) is 0 Å². The summed E-state index contributed by atoms with van der Waals surface area (Å²) in [5, 5.41) is 11.2. The average molecular weight is 644 g/mol. The van der Waals surface area contributed by atoms with Gasteiger partial charge in [0.05, 0.1) is 139 Å². The Balaban J connectivity index is 3.08. The van der Waals surface area contributed by atoms with E-state index in [9.17, 15) is 9.59 Å². The summed E-state index contributed by atoms with van der Waals surface area (Å²) in [6, 6.07) is 0. The number of nitrogens with one attached hydrogen (secondary N) is 1. The first-order valence-corrected chi connectivity index (χ1v) is 15.5. The third kappa shape index (κ3) is 38.5. The van der Waals surface area contributed by atoms with Gasteiger partial charge in [0.1, 0.15) is 0 Å². The van der Waals surface area contributed by atoms with Crippen LogP contribution in [-0.2, 0) is 61.7 Å². The first kappa shape index (κ1) is 42.5. The molecular weight excluding hydrogens is 586 g/mol. The quantitative estimate of drug-likeness (QED) is 0.0896. The molecule has 0 saturated carbocycles. The highest BCUT2D eigenvalue weighted by Crippen LogP contribution is 1.90. The third-order valence-electron chi connectivity index (χ3n) is 5.28. The molecule has 0 aliphatic heterocycles. The smallest absolute Gasteiger partial charge is 0.303 e. The Bertz CT molecular complexity index is 602. The Kier molecular flexibility index (Phi) is 36.4. The van der Waals surface area contributed by atoms with Crippen LogP contribution in [0.4, 0.5) is 0 Å². The lowest BCUT2D eigenvalue weighted by Gasteiger charge is -2.09. The summed E-state index contributed by atoms with van der Waals surface area (Å²) in [5.74, 6) is -1.25. The molecule has 0 aliphatic carbocycles. The highest BCUT2D eigenvalue weighted by molar-refractivity contribution is 5.80. The van der Waals surface area contributed by atoms with E-state index in [1.54, 1.807) is 0 Å². The second-order valence-electron chi connectivity index (χ2n) is 8.92. The van der Waals surface area contributed by atoms with Gasteiger partial charge in [0.15, 0.2) is 0 Å². The summed E-state index contributed by atoms with van der Waals surface area (Å²) in [7, 11) is 0. The summed E-state index contributed by atoms with van der Waals surface area (Å²) >= 11 is 0. The highest BCUT2D eigenvalue weighted by Gasteiger charge is 2.04. The zero-order chi connectivity index (χ0) is 32.0. The van der Waals surface area contributed by atoms with Crippen LogP contribution < -0.4 is 5.32 Å². The van der Waals surface area contributed by atoms with Crippen LogP contribution in [0.2, 0.25) is 0 Å². The van der Waals surface area contributed by atoms with Gasteiger partial charge in [0.25, 0.3) is 0 Å². The van der Waals surface area contributed by atoms with Crippen LogP contribution in [0.3, 0.4) is 0 Å². The van der Waals surface area contributed by atoms with Gasteiger partial charge in [-0.3, -0.25) is 9.59 Å². The van der Waals surface area contributed by atoms with Crippen molar-refractivity contribution >= 4 is 11.9 Å². The Morgan fingerprint density at radius 1 is 0.432 bits per heavy atom. The van der Waals surface area contributed by atoms with Gasteiger partial charge in [-0.15, -0.1) is 0 Å². The van der Waals surface area contributed by atoms with Crippen molar-refractivity contribution in [3.05, 3.63) is 0 Å². The highest BCUT2D eigenvalue weighted by atomic mass is 16.6. The van der Waals surface area contributed by atoms with E-state index in [0.717, 1.165) is 0 Å².